The van der Waals surface area contributed by atoms with Crippen LogP contribution in [0, 0.1) is 17.1 Å². The van der Waals surface area contributed by atoms with Gasteiger partial charge in [0.15, 0.2) is 11.0 Å². The van der Waals surface area contributed by atoms with Crippen LogP contribution in [0.25, 0.3) is 0 Å². The highest BCUT2D eigenvalue weighted by atomic mass is 32.2. The molecule has 0 fully saturated rings. The van der Waals surface area contributed by atoms with E-state index >= 15 is 0 Å². The molecule has 2 aromatic rings. The molecule has 1 heterocycles. The van der Waals surface area contributed by atoms with Crippen molar-refractivity contribution in [2.45, 2.75) is 11.7 Å². The third-order valence-corrected chi connectivity index (χ3v) is 3.28. The molecule has 2 rings (SSSR count). The molecule has 0 amide bonds. The molecule has 0 atom stereocenters. The first-order chi connectivity index (χ1) is 9.63. The molecular weight excluding hydrogens is 275 g/mol. The smallest absolute Gasteiger partial charge is 0.189 e. The summed E-state index contributed by atoms with van der Waals surface area (Å²) in [5.41, 5.74) is 1.22. The molecule has 4 nitrogen and oxygen atoms in total. The van der Waals surface area contributed by atoms with E-state index in [1.807, 2.05) is 24.3 Å². The van der Waals surface area contributed by atoms with Gasteiger partial charge in [-0.3, -0.25) is 0 Å². The lowest BCUT2D eigenvalue weighted by molar-refractivity contribution is 0.625. The molecule has 0 N–H and O–H groups in total. The van der Waals surface area contributed by atoms with E-state index in [4.69, 9.17) is 5.26 Å². The maximum absolute atomic E-state index is 13.2. The van der Waals surface area contributed by atoms with Crippen LogP contribution in [0.4, 0.5) is 10.2 Å². The van der Waals surface area contributed by atoms with Crippen molar-refractivity contribution in [2.75, 3.05) is 18.2 Å². The van der Waals surface area contributed by atoms with Crippen molar-refractivity contribution in [3.05, 3.63) is 47.4 Å². The van der Waals surface area contributed by atoms with Gasteiger partial charge >= 0.3 is 0 Å². The minimum absolute atomic E-state index is 0.274. The van der Waals surface area contributed by atoms with Gasteiger partial charge in [-0.1, -0.05) is 23.9 Å². The Morgan fingerprint density at radius 2 is 2.25 bits per heavy atom. The summed E-state index contributed by atoms with van der Waals surface area (Å²) in [5.74, 6) is 0.278. The largest absolute Gasteiger partial charge is 0.354 e. The van der Waals surface area contributed by atoms with E-state index in [1.165, 1.54) is 30.1 Å². The van der Waals surface area contributed by atoms with Crippen LogP contribution in [-0.2, 0) is 6.54 Å². The van der Waals surface area contributed by atoms with Gasteiger partial charge in [-0.2, -0.15) is 5.26 Å². The Morgan fingerprint density at radius 3 is 2.90 bits per heavy atom. The number of halogens is 1. The number of benzene rings is 1. The number of nitriles is 1. The van der Waals surface area contributed by atoms with Crippen molar-refractivity contribution in [3.8, 4) is 6.07 Å². The quantitative estimate of drug-likeness (QED) is 0.639. The highest BCUT2D eigenvalue weighted by Gasteiger charge is 2.12. The monoisotopic (exact) mass is 288 g/mol. The van der Waals surface area contributed by atoms with Crippen LogP contribution in [-0.4, -0.2) is 23.3 Å². The number of hydrogen-bond donors (Lipinski definition) is 0. The third kappa shape index (κ3) is 3.25. The first-order valence-corrected chi connectivity index (χ1v) is 7.13. The Hall–Kier alpha value is -2.13. The summed E-state index contributed by atoms with van der Waals surface area (Å²) >= 11 is 1.41. The lowest BCUT2D eigenvalue weighted by atomic mass is 10.2. The Balaban J connectivity index is 2.28. The van der Waals surface area contributed by atoms with Crippen molar-refractivity contribution in [1.82, 2.24) is 9.97 Å². The van der Waals surface area contributed by atoms with Crippen molar-refractivity contribution >= 4 is 17.6 Å². The van der Waals surface area contributed by atoms with Crippen LogP contribution in [0.3, 0.4) is 0 Å². The predicted octanol–water partition coefficient (Wildman–Crippen LogP) is 2.85. The minimum atomic E-state index is -0.274. The average molecular weight is 288 g/mol. The molecule has 1 aromatic carbocycles. The molecule has 0 aliphatic carbocycles. The van der Waals surface area contributed by atoms with Crippen LogP contribution in [0.15, 0.2) is 35.6 Å². The molecule has 6 heteroatoms. The van der Waals surface area contributed by atoms with Gasteiger partial charge < -0.3 is 4.90 Å². The summed E-state index contributed by atoms with van der Waals surface area (Å²) in [6, 6.07) is 8.45. The Labute approximate surface area is 121 Å². The van der Waals surface area contributed by atoms with E-state index in [9.17, 15) is 4.39 Å². The van der Waals surface area contributed by atoms with Crippen molar-refractivity contribution in [2.24, 2.45) is 0 Å². The molecule has 0 radical (unpaired) electrons. The van der Waals surface area contributed by atoms with Gasteiger partial charge in [0.05, 0.1) is 6.20 Å². The Morgan fingerprint density at radius 1 is 1.45 bits per heavy atom. The van der Waals surface area contributed by atoms with Crippen molar-refractivity contribution < 1.29 is 4.39 Å². The van der Waals surface area contributed by atoms with Gasteiger partial charge in [-0.25, -0.2) is 14.4 Å². The van der Waals surface area contributed by atoms with Gasteiger partial charge in [0.1, 0.15) is 17.4 Å². The van der Waals surface area contributed by atoms with Crippen molar-refractivity contribution in [3.63, 3.8) is 0 Å². The molecule has 1 aromatic heterocycles. The van der Waals surface area contributed by atoms with E-state index < -0.39 is 0 Å². The molecule has 0 saturated heterocycles. The number of anilines is 1. The molecule has 0 spiro atoms. The Bertz CT molecular complexity index is 654. The van der Waals surface area contributed by atoms with Crippen LogP contribution >= 0.6 is 11.8 Å². The fraction of sp³-hybridized carbons (Fsp3) is 0.214. The number of rotatable bonds is 4. The third-order valence-electron chi connectivity index (χ3n) is 2.72. The minimum Gasteiger partial charge on any atom is -0.354 e. The highest BCUT2D eigenvalue weighted by Crippen LogP contribution is 2.20. The molecule has 0 aliphatic rings. The van der Waals surface area contributed by atoms with E-state index in [1.54, 1.807) is 6.07 Å². The molecule has 0 unspecified atom stereocenters. The summed E-state index contributed by atoms with van der Waals surface area (Å²) in [6.07, 6.45) is 3.38. The van der Waals surface area contributed by atoms with Gasteiger partial charge in [0.2, 0.25) is 0 Å². The summed E-state index contributed by atoms with van der Waals surface area (Å²) in [4.78, 5) is 10.2. The summed E-state index contributed by atoms with van der Waals surface area (Å²) < 4.78 is 13.2. The first-order valence-electron chi connectivity index (χ1n) is 5.90. The second kappa shape index (κ2) is 6.35. The summed E-state index contributed by atoms with van der Waals surface area (Å²) in [5, 5.41) is 9.72. The van der Waals surface area contributed by atoms with Crippen molar-refractivity contribution in [1.29, 1.82) is 5.26 Å². The highest BCUT2D eigenvalue weighted by molar-refractivity contribution is 7.98. The van der Waals surface area contributed by atoms with Crippen LogP contribution < -0.4 is 4.90 Å². The molecule has 0 saturated carbocycles. The number of thioether (sulfide) groups is 1. The standard InChI is InChI=1S/C14H13FN4S/c1-19(9-10-4-3-5-12(15)6-10)13-11(7-16)8-17-14(18-13)20-2/h3-6,8H,9H2,1-2H3. The average Bonchev–Trinajstić information content (AvgIpc) is 2.46. The fourth-order valence-electron chi connectivity index (χ4n) is 1.81. The molecule has 0 bridgehead atoms. The molecule has 0 aliphatic heterocycles. The number of aromatic nitrogens is 2. The molecule has 20 heavy (non-hydrogen) atoms. The van der Waals surface area contributed by atoms with Gasteiger partial charge in [-0.15, -0.1) is 0 Å². The van der Waals surface area contributed by atoms with Crippen LogP contribution in [0.2, 0.25) is 0 Å². The zero-order valence-electron chi connectivity index (χ0n) is 11.2. The fourth-order valence-corrected chi connectivity index (χ4v) is 2.15. The summed E-state index contributed by atoms with van der Waals surface area (Å²) in [7, 11) is 1.82. The van der Waals surface area contributed by atoms with E-state index in [0.717, 1.165) is 5.56 Å². The SMILES string of the molecule is CSc1ncc(C#N)c(N(C)Cc2cccc(F)c2)n1. The summed E-state index contributed by atoms with van der Waals surface area (Å²) in [6.45, 7) is 0.470. The number of hydrogen-bond acceptors (Lipinski definition) is 5. The first kappa shape index (κ1) is 14.3. The lowest BCUT2D eigenvalue weighted by Gasteiger charge is -2.19. The zero-order valence-corrected chi connectivity index (χ0v) is 12.0. The topological polar surface area (TPSA) is 52.8 Å². The van der Waals surface area contributed by atoms with Crippen LogP contribution in [0.5, 0.6) is 0 Å². The van der Waals surface area contributed by atoms with E-state index in [-0.39, 0.29) is 5.82 Å². The molecular formula is C14H13FN4S. The number of nitrogens with zero attached hydrogens (tertiary/aromatic N) is 4. The van der Waals surface area contributed by atoms with Gasteiger partial charge in [0, 0.05) is 13.6 Å². The normalized spacial score (nSPS) is 10.1. The zero-order chi connectivity index (χ0) is 14.5. The Kier molecular flexibility index (Phi) is 4.53. The lowest BCUT2D eigenvalue weighted by Crippen LogP contribution is -2.19. The van der Waals surface area contributed by atoms with Gasteiger partial charge in [0.25, 0.3) is 0 Å². The molecule has 102 valence electrons. The van der Waals surface area contributed by atoms with Gasteiger partial charge in [-0.05, 0) is 24.0 Å². The van der Waals surface area contributed by atoms with Crippen LogP contribution in [0.1, 0.15) is 11.1 Å². The maximum atomic E-state index is 13.2. The second-order valence-corrected chi connectivity index (χ2v) is 4.97. The second-order valence-electron chi connectivity index (χ2n) is 4.19. The maximum Gasteiger partial charge on any atom is 0.189 e. The van der Waals surface area contributed by atoms with E-state index in [2.05, 4.69) is 16.0 Å². The van der Waals surface area contributed by atoms with E-state index in [0.29, 0.717) is 23.1 Å². The predicted molar refractivity (Wildman–Crippen MR) is 77.0 cm³/mol.